The van der Waals surface area contributed by atoms with Gasteiger partial charge in [0.2, 0.25) is 0 Å². The summed E-state index contributed by atoms with van der Waals surface area (Å²) in [4.78, 5) is 15.7. The third kappa shape index (κ3) is 2.11. The number of carbonyl (C=O) groups excluding carboxylic acids is 1. The van der Waals surface area contributed by atoms with Crippen molar-refractivity contribution < 1.29 is 14.3 Å². The summed E-state index contributed by atoms with van der Waals surface area (Å²) in [5.41, 5.74) is 0.886. The second-order valence-electron chi connectivity index (χ2n) is 3.56. The van der Waals surface area contributed by atoms with E-state index in [1.165, 1.54) is 13.3 Å². The number of methoxy groups -OCH3 is 1. The summed E-state index contributed by atoms with van der Waals surface area (Å²) in [6, 6.07) is 5.41. The van der Waals surface area contributed by atoms with Gasteiger partial charge in [-0.05, 0) is 13.0 Å². The molecule has 0 saturated heterocycles. The van der Waals surface area contributed by atoms with E-state index < -0.39 is 5.97 Å². The Hall–Kier alpha value is -1.81. The number of rotatable bonds is 3. The van der Waals surface area contributed by atoms with Crippen LogP contribution in [0.1, 0.15) is 17.3 Å². The Bertz CT molecular complexity index is 598. The van der Waals surface area contributed by atoms with Gasteiger partial charge in [-0.2, -0.15) is 0 Å². The zero-order valence-corrected chi connectivity index (χ0v) is 10.8. The third-order valence-electron chi connectivity index (χ3n) is 2.50. The molecule has 0 bridgehead atoms. The highest BCUT2D eigenvalue weighted by atomic mass is 35.5. The molecular weight excluding hydrogens is 254 g/mol. The van der Waals surface area contributed by atoms with Crippen LogP contribution in [0.3, 0.4) is 0 Å². The van der Waals surface area contributed by atoms with Crippen LogP contribution in [0.2, 0.25) is 5.02 Å². The molecule has 0 aliphatic carbocycles. The largest absolute Gasteiger partial charge is 0.492 e. The van der Waals surface area contributed by atoms with Crippen molar-refractivity contribution >= 4 is 28.5 Å². The standard InChI is InChI=1S/C13H12ClNO3/c1-3-18-10-6-4-5-8-11(14)9(13(16)17-2)7-15-12(8)10/h4-7H,3H2,1-2H3. The molecule has 4 nitrogen and oxygen atoms in total. The number of esters is 1. The molecule has 1 heterocycles. The van der Waals surface area contributed by atoms with Crippen LogP contribution in [-0.4, -0.2) is 24.7 Å². The lowest BCUT2D eigenvalue weighted by atomic mass is 10.1. The van der Waals surface area contributed by atoms with Crippen LogP contribution in [0.5, 0.6) is 5.75 Å². The zero-order valence-electron chi connectivity index (χ0n) is 10.1. The van der Waals surface area contributed by atoms with E-state index in [1.807, 2.05) is 19.1 Å². The second kappa shape index (κ2) is 5.23. The maximum atomic E-state index is 11.5. The molecular formula is C13H12ClNO3. The SMILES string of the molecule is CCOc1cccc2c(Cl)c(C(=O)OC)cnc12. The van der Waals surface area contributed by atoms with Gasteiger partial charge in [0.15, 0.2) is 0 Å². The van der Waals surface area contributed by atoms with Gasteiger partial charge in [-0.15, -0.1) is 0 Å². The fourth-order valence-corrected chi connectivity index (χ4v) is 1.97. The molecule has 18 heavy (non-hydrogen) atoms. The van der Waals surface area contributed by atoms with Crippen LogP contribution >= 0.6 is 11.6 Å². The summed E-state index contributed by atoms with van der Waals surface area (Å²) >= 11 is 6.19. The minimum absolute atomic E-state index is 0.250. The van der Waals surface area contributed by atoms with Gasteiger partial charge in [0, 0.05) is 11.6 Å². The van der Waals surface area contributed by atoms with Gasteiger partial charge in [0.25, 0.3) is 0 Å². The molecule has 0 aliphatic rings. The molecule has 94 valence electrons. The monoisotopic (exact) mass is 265 g/mol. The number of benzene rings is 1. The molecule has 0 fully saturated rings. The van der Waals surface area contributed by atoms with Crippen molar-refractivity contribution in [3.8, 4) is 5.75 Å². The number of hydrogen-bond acceptors (Lipinski definition) is 4. The van der Waals surface area contributed by atoms with Crippen molar-refractivity contribution in [2.75, 3.05) is 13.7 Å². The maximum absolute atomic E-state index is 11.5. The van der Waals surface area contributed by atoms with Gasteiger partial charge >= 0.3 is 5.97 Å². The van der Waals surface area contributed by atoms with Gasteiger partial charge in [0.1, 0.15) is 11.3 Å². The summed E-state index contributed by atoms with van der Waals surface area (Å²) < 4.78 is 10.1. The fraction of sp³-hybridized carbons (Fsp3) is 0.231. The van der Waals surface area contributed by atoms with E-state index in [0.717, 1.165) is 0 Å². The number of carbonyl (C=O) groups is 1. The van der Waals surface area contributed by atoms with E-state index in [9.17, 15) is 4.79 Å². The second-order valence-corrected chi connectivity index (χ2v) is 3.94. The van der Waals surface area contributed by atoms with Crippen LogP contribution in [-0.2, 0) is 4.74 Å². The number of aromatic nitrogens is 1. The van der Waals surface area contributed by atoms with E-state index in [1.54, 1.807) is 6.07 Å². The number of pyridine rings is 1. The van der Waals surface area contributed by atoms with Gasteiger partial charge in [-0.25, -0.2) is 4.79 Å². The van der Waals surface area contributed by atoms with E-state index >= 15 is 0 Å². The van der Waals surface area contributed by atoms with Crippen molar-refractivity contribution in [3.05, 3.63) is 35.0 Å². The van der Waals surface area contributed by atoms with Crippen molar-refractivity contribution in [1.82, 2.24) is 4.98 Å². The highest BCUT2D eigenvalue weighted by molar-refractivity contribution is 6.38. The molecule has 0 N–H and O–H groups in total. The van der Waals surface area contributed by atoms with Gasteiger partial charge in [0.05, 0.1) is 24.3 Å². The molecule has 5 heteroatoms. The first-order valence-electron chi connectivity index (χ1n) is 5.47. The lowest BCUT2D eigenvalue weighted by Crippen LogP contribution is -2.04. The van der Waals surface area contributed by atoms with Gasteiger partial charge in [-0.3, -0.25) is 4.98 Å². The predicted molar refractivity (Wildman–Crippen MR) is 69.3 cm³/mol. The first kappa shape index (κ1) is 12.6. The summed E-state index contributed by atoms with van der Waals surface area (Å²) in [5, 5.41) is 0.999. The minimum atomic E-state index is -0.504. The number of fused-ring (bicyclic) bond motifs is 1. The van der Waals surface area contributed by atoms with Gasteiger partial charge in [-0.1, -0.05) is 23.7 Å². The normalized spacial score (nSPS) is 10.4. The zero-order chi connectivity index (χ0) is 13.1. The summed E-state index contributed by atoms with van der Waals surface area (Å²) in [6.07, 6.45) is 1.40. The van der Waals surface area contributed by atoms with Crippen molar-refractivity contribution in [2.24, 2.45) is 0 Å². The third-order valence-corrected chi connectivity index (χ3v) is 2.91. The van der Waals surface area contributed by atoms with Crippen LogP contribution in [0.25, 0.3) is 10.9 Å². The Kier molecular flexibility index (Phi) is 3.67. The quantitative estimate of drug-likeness (QED) is 0.800. The van der Waals surface area contributed by atoms with E-state index in [4.69, 9.17) is 16.3 Å². The molecule has 0 atom stereocenters. The summed E-state index contributed by atoms with van der Waals surface area (Å²) in [7, 11) is 1.31. The molecule has 1 aromatic carbocycles. The molecule has 0 unspecified atom stereocenters. The lowest BCUT2D eigenvalue weighted by Gasteiger charge is -2.09. The number of ether oxygens (including phenoxy) is 2. The molecule has 0 saturated carbocycles. The predicted octanol–water partition coefficient (Wildman–Crippen LogP) is 3.07. The highest BCUT2D eigenvalue weighted by Crippen LogP contribution is 2.31. The van der Waals surface area contributed by atoms with Crippen LogP contribution in [0.4, 0.5) is 0 Å². The van der Waals surface area contributed by atoms with Crippen LogP contribution in [0.15, 0.2) is 24.4 Å². The molecule has 2 aromatic rings. The first-order valence-corrected chi connectivity index (χ1v) is 5.85. The minimum Gasteiger partial charge on any atom is -0.492 e. The average Bonchev–Trinajstić information content (AvgIpc) is 2.39. The smallest absolute Gasteiger partial charge is 0.340 e. The number of nitrogens with zero attached hydrogens (tertiary/aromatic N) is 1. The number of hydrogen-bond donors (Lipinski definition) is 0. The Morgan fingerprint density at radius 2 is 2.22 bits per heavy atom. The fourth-order valence-electron chi connectivity index (χ4n) is 1.69. The molecule has 0 radical (unpaired) electrons. The number of para-hydroxylation sites is 1. The first-order chi connectivity index (χ1) is 8.69. The molecule has 0 spiro atoms. The molecule has 2 rings (SSSR count). The van der Waals surface area contributed by atoms with E-state index in [0.29, 0.717) is 28.3 Å². The lowest BCUT2D eigenvalue weighted by molar-refractivity contribution is 0.0600. The maximum Gasteiger partial charge on any atom is 0.340 e. The number of halogens is 1. The Morgan fingerprint density at radius 3 is 2.89 bits per heavy atom. The van der Waals surface area contributed by atoms with Gasteiger partial charge < -0.3 is 9.47 Å². The molecule has 1 aromatic heterocycles. The molecule has 0 aliphatic heterocycles. The highest BCUT2D eigenvalue weighted by Gasteiger charge is 2.15. The van der Waals surface area contributed by atoms with Crippen molar-refractivity contribution in [2.45, 2.75) is 6.92 Å². The van der Waals surface area contributed by atoms with Crippen LogP contribution in [0, 0.1) is 0 Å². The Labute approximate surface area is 109 Å². The average molecular weight is 266 g/mol. The van der Waals surface area contributed by atoms with Crippen molar-refractivity contribution in [3.63, 3.8) is 0 Å². The van der Waals surface area contributed by atoms with E-state index in [-0.39, 0.29) is 5.56 Å². The van der Waals surface area contributed by atoms with Crippen molar-refractivity contribution in [1.29, 1.82) is 0 Å². The molecule has 0 amide bonds. The van der Waals surface area contributed by atoms with Crippen LogP contribution < -0.4 is 4.74 Å². The summed E-state index contributed by atoms with van der Waals surface area (Å²) in [5.74, 6) is 0.143. The summed E-state index contributed by atoms with van der Waals surface area (Å²) in [6.45, 7) is 2.43. The van der Waals surface area contributed by atoms with E-state index in [2.05, 4.69) is 9.72 Å². The Morgan fingerprint density at radius 1 is 1.44 bits per heavy atom. The topological polar surface area (TPSA) is 48.4 Å². The Balaban J connectivity index is 2.65.